The maximum absolute atomic E-state index is 13.4. The molecule has 0 aliphatic rings. The summed E-state index contributed by atoms with van der Waals surface area (Å²) in [4.78, 5) is 13.2. The molecule has 32 heavy (non-hydrogen) atoms. The van der Waals surface area contributed by atoms with Crippen LogP contribution in [0.4, 0.5) is 16.0 Å². The van der Waals surface area contributed by atoms with Crippen molar-refractivity contribution < 1.29 is 4.39 Å². The summed E-state index contributed by atoms with van der Waals surface area (Å²) in [6.07, 6.45) is 6.17. The first-order valence-electron chi connectivity index (χ1n) is 10.3. The second-order valence-corrected chi connectivity index (χ2v) is 7.83. The van der Waals surface area contributed by atoms with Gasteiger partial charge in [0.15, 0.2) is 0 Å². The molecule has 1 aromatic carbocycles. The summed E-state index contributed by atoms with van der Waals surface area (Å²) in [6, 6.07) is 16.1. The van der Waals surface area contributed by atoms with Crippen molar-refractivity contribution in [3.63, 3.8) is 0 Å². The molecule has 4 aromatic rings. The standard InChI is InChI=1S/C25H23ClFN5/c1-17-14-28-10-8-19(17)9-11-29-25-13-21(22(26)16-31-25)23-6-3-7-24(32-23)30-15-18-4-2-5-20(27)12-18/h2-8,10,12-14,16H,9,11,15H2,1H3,(H,29,31)(H,30,32). The third kappa shape index (κ3) is 5.59. The van der Waals surface area contributed by atoms with Gasteiger partial charge >= 0.3 is 0 Å². The third-order valence-corrected chi connectivity index (χ3v) is 5.38. The highest BCUT2D eigenvalue weighted by atomic mass is 35.5. The molecule has 3 heterocycles. The summed E-state index contributed by atoms with van der Waals surface area (Å²) < 4.78 is 13.4. The van der Waals surface area contributed by atoms with E-state index in [1.807, 2.05) is 48.8 Å². The number of nitrogens with zero attached hydrogens (tertiary/aromatic N) is 3. The normalized spacial score (nSPS) is 10.7. The first-order chi connectivity index (χ1) is 15.6. The molecule has 0 saturated heterocycles. The summed E-state index contributed by atoms with van der Waals surface area (Å²) in [5.74, 6) is 1.16. The number of anilines is 2. The summed E-state index contributed by atoms with van der Waals surface area (Å²) >= 11 is 6.42. The van der Waals surface area contributed by atoms with Crippen LogP contribution in [0.5, 0.6) is 0 Å². The van der Waals surface area contributed by atoms with Gasteiger partial charge in [-0.1, -0.05) is 29.8 Å². The van der Waals surface area contributed by atoms with E-state index in [4.69, 9.17) is 11.6 Å². The monoisotopic (exact) mass is 447 g/mol. The smallest absolute Gasteiger partial charge is 0.126 e. The van der Waals surface area contributed by atoms with Gasteiger partial charge in [-0.2, -0.15) is 0 Å². The number of pyridine rings is 3. The summed E-state index contributed by atoms with van der Waals surface area (Å²) in [7, 11) is 0. The molecule has 0 saturated carbocycles. The molecular weight excluding hydrogens is 425 g/mol. The lowest BCUT2D eigenvalue weighted by atomic mass is 10.1. The molecule has 0 atom stereocenters. The van der Waals surface area contributed by atoms with Crippen molar-refractivity contribution in [2.24, 2.45) is 0 Å². The summed E-state index contributed by atoms with van der Waals surface area (Å²) in [6.45, 7) is 3.27. The van der Waals surface area contributed by atoms with Gasteiger partial charge in [-0.3, -0.25) is 4.98 Å². The van der Waals surface area contributed by atoms with E-state index in [9.17, 15) is 4.39 Å². The average molecular weight is 448 g/mol. The van der Waals surface area contributed by atoms with E-state index in [-0.39, 0.29) is 5.82 Å². The van der Waals surface area contributed by atoms with Crippen molar-refractivity contribution >= 4 is 23.2 Å². The quantitative estimate of drug-likeness (QED) is 0.351. The first kappa shape index (κ1) is 21.7. The average Bonchev–Trinajstić information content (AvgIpc) is 2.80. The van der Waals surface area contributed by atoms with Crippen LogP contribution in [-0.4, -0.2) is 21.5 Å². The number of halogens is 2. The predicted octanol–water partition coefficient (Wildman–Crippen LogP) is 5.91. The van der Waals surface area contributed by atoms with Crippen molar-refractivity contribution in [1.29, 1.82) is 0 Å². The number of benzene rings is 1. The van der Waals surface area contributed by atoms with Gasteiger partial charge in [0.2, 0.25) is 0 Å². The molecule has 0 aliphatic heterocycles. The Bertz CT molecular complexity index is 1210. The minimum absolute atomic E-state index is 0.256. The Morgan fingerprint density at radius 1 is 0.969 bits per heavy atom. The van der Waals surface area contributed by atoms with Crippen LogP contribution >= 0.6 is 11.6 Å². The first-order valence-corrected chi connectivity index (χ1v) is 10.7. The molecule has 0 spiro atoms. The molecule has 3 aromatic heterocycles. The van der Waals surface area contributed by atoms with Crippen LogP contribution in [0.1, 0.15) is 16.7 Å². The van der Waals surface area contributed by atoms with Gasteiger partial charge in [-0.05, 0) is 66.4 Å². The minimum Gasteiger partial charge on any atom is -0.370 e. The highest BCUT2D eigenvalue weighted by Gasteiger charge is 2.09. The van der Waals surface area contributed by atoms with Gasteiger partial charge in [-0.15, -0.1) is 0 Å². The number of aromatic nitrogens is 3. The number of aryl methyl sites for hydroxylation is 1. The molecule has 0 fully saturated rings. The van der Waals surface area contributed by atoms with Crippen LogP contribution in [0, 0.1) is 12.7 Å². The third-order valence-electron chi connectivity index (χ3n) is 5.08. The van der Waals surface area contributed by atoms with Crippen molar-refractivity contribution in [2.45, 2.75) is 19.9 Å². The second-order valence-electron chi connectivity index (χ2n) is 7.42. The van der Waals surface area contributed by atoms with E-state index in [2.05, 4.69) is 32.5 Å². The Balaban J connectivity index is 1.44. The lowest BCUT2D eigenvalue weighted by molar-refractivity contribution is 0.626. The summed E-state index contributed by atoms with van der Waals surface area (Å²) in [5.41, 5.74) is 4.79. The van der Waals surface area contributed by atoms with Gasteiger partial charge in [0.1, 0.15) is 17.5 Å². The Morgan fingerprint density at radius 3 is 2.69 bits per heavy atom. The number of hydrogen-bond acceptors (Lipinski definition) is 5. The predicted molar refractivity (Wildman–Crippen MR) is 127 cm³/mol. The van der Waals surface area contributed by atoms with E-state index in [1.54, 1.807) is 12.3 Å². The van der Waals surface area contributed by atoms with E-state index in [0.29, 0.717) is 17.4 Å². The molecule has 0 aliphatic carbocycles. The molecule has 2 N–H and O–H groups in total. The van der Waals surface area contributed by atoms with Crippen molar-refractivity contribution in [3.05, 3.63) is 101 Å². The van der Waals surface area contributed by atoms with Crippen molar-refractivity contribution in [1.82, 2.24) is 15.0 Å². The molecule has 0 radical (unpaired) electrons. The molecule has 0 bridgehead atoms. The van der Waals surface area contributed by atoms with Gasteiger partial charge in [0.25, 0.3) is 0 Å². The van der Waals surface area contributed by atoms with Crippen LogP contribution in [-0.2, 0) is 13.0 Å². The van der Waals surface area contributed by atoms with E-state index < -0.39 is 0 Å². The Labute approximate surface area is 191 Å². The van der Waals surface area contributed by atoms with Crippen LogP contribution in [0.15, 0.2) is 73.2 Å². The summed E-state index contributed by atoms with van der Waals surface area (Å²) in [5, 5.41) is 7.11. The number of nitrogens with one attached hydrogen (secondary N) is 2. The Hall–Kier alpha value is -3.51. The van der Waals surface area contributed by atoms with E-state index in [0.717, 1.165) is 35.6 Å². The van der Waals surface area contributed by atoms with Crippen molar-refractivity contribution in [3.8, 4) is 11.3 Å². The zero-order valence-corrected chi connectivity index (χ0v) is 18.4. The maximum Gasteiger partial charge on any atom is 0.126 e. The van der Waals surface area contributed by atoms with Gasteiger partial charge < -0.3 is 10.6 Å². The van der Waals surface area contributed by atoms with Crippen LogP contribution < -0.4 is 10.6 Å². The maximum atomic E-state index is 13.4. The van der Waals surface area contributed by atoms with E-state index >= 15 is 0 Å². The fraction of sp³-hybridized carbons (Fsp3) is 0.160. The highest BCUT2D eigenvalue weighted by molar-refractivity contribution is 6.33. The topological polar surface area (TPSA) is 62.7 Å². The molecule has 162 valence electrons. The molecular formula is C25H23ClFN5. The largest absolute Gasteiger partial charge is 0.370 e. The van der Waals surface area contributed by atoms with E-state index in [1.165, 1.54) is 23.3 Å². The Morgan fingerprint density at radius 2 is 1.84 bits per heavy atom. The zero-order valence-electron chi connectivity index (χ0n) is 17.6. The van der Waals surface area contributed by atoms with Gasteiger partial charge in [0.05, 0.1) is 10.7 Å². The second kappa shape index (κ2) is 10.2. The molecule has 5 nitrogen and oxygen atoms in total. The zero-order chi connectivity index (χ0) is 22.3. The molecule has 7 heteroatoms. The minimum atomic E-state index is -0.256. The van der Waals surface area contributed by atoms with Crippen molar-refractivity contribution in [2.75, 3.05) is 17.2 Å². The van der Waals surface area contributed by atoms with Gasteiger partial charge in [0, 0.05) is 37.2 Å². The lowest BCUT2D eigenvalue weighted by Crippen LogP contribution is -2.07. The van der Waals surface area contributed by atoms with Crippen LogP contribution in [0.2, 0.25) is 5.02 Å². The van der Waals surface area contributed by atoms with Crippen LogP contribution in [0.25, 0.3) is 11.3 Å². The number of rotatable bonds is 8. The Kier molecular flexibility index (Phi) is 6.92. The number of hydrogen-bond donors (Lipinski definition) is 2. The molecule has 4 rings (SSSR count). The SMILES string of the molecule is Cc1cnccc1CCNc1cc(-c2cccc(NCc3cccc(F)c3)n2)c(Cl)cn1. The highest BCUT2D eigenvalue weighted by Crippen LogP contribution is 2.28. The lowest BCUT2D eigenvalue weighted by Gasteiger charge is -2.11. The fourth-order valence-corrected chi connectivity index (χ4v) is 3.56. The van der Waals surface area contributed by atoms with Gasteiger partial charge in [-0.25, -0.2) is 14.4 Å². The van der Waals surface area contributed by atoms with Crippen LogP contribution in [0.3, 0.4) is 0 Å². The molecule has 0 amide bonds. The molecule has 0 unspecified atom stereocenters. The fourth-order valence-electron chi connectivity index (χ4n) is 3.36.